The van der Waals surface area contributed by atoms with Crippen LogP contribution in [0.1, 0.15) is 58.2 Å². The van der Waals surface area contributed by atoms with Crippen LogP contribution in [0.2, 0.25) is 0 Å². The average molecular weight is 701 g/mol. The third-order valence-electron chi connectivity index (χ3n) is 10.2. The van der Waals surface area contributed by atoms with Crippen molar-refractivity contribution in [1.82, 2.24) is 9.13 Å². The van der Waals surface area contributed by atoms with Crippen LogP contribution in [0.15, 0.2) is 115 Å². The second-order valence-electron chi connectivity index (χ2n) is 15.6. The number of halogens is 5. The molecule has 0 bridgehead atoms. The van der Waals surface area contributed by atoms with Crippen molar-refractivity contribution in [1.29, 1.82) is 0 Å². The van der Waals surface area contributed by atoms with Gasteiger partial charge in [-0.25, -0.2) is 8.78 Å². The fourth-order valence-corrected chi connectivity index (χ4v) is 7.53. The van der Waals surface area contributed by atoms with Crippen molar-refractivity contribution >= 4 is 43.6 Å². The van der Waals surface area contributed by atoms with Crippen molar-refractivity contribution in [2.24, 2.45) is 0 Å². The highest BCUT2D eigenvalue weighted by atomic mass is 19.4. The molecule has 2 nitrogen and oxygen atoms in total. The molecule has 52 heavy (non-hydrogen) atoms. The van der Waals surface area contributed by atoms with Gasteiger partial charge >= 0.3 is 6.18 Å². The Kier molecular flexibility index (Phi) is 7.48. The van der Waals surface area contributed by atoms with Gasteiger partial charge in [0.1, 0.15) is 11.6 Å². The Labute approximate surface area is 298 Å². The smallest absolute Gasteiger partial charge is 0.307 e. The molecule has 0 atom stereocenters. The van der Waals surface area contributed by atoms with E-state index in [0.717, 1.165) is 68.0 Å². The molecule has 0 saturated carbocycles. The summed E-state index contributed by atoms with van der Waals surface area (Å²) in [5, 5.41) is 3.60. The minimum absolute atomic E-state index is 0.165. The van der Waals surface area contributed by atoms with Gasteiger partial charge in [0.15, 0.2) is 0 Å². The number of fused-ring (bicyclic) bond motifs is 6. The number of aromatic nitrogens is 2. The van der Waals surface area contributed by atoms with Crippen LogP contribution in [0.4, 0.5) is 22.0 Å². The molecule has 0 aliphatic carbocycles. The molecular weight excluding hydrogens is 663 g/mol. The molecule has 0 unspecified atom stereocenters. The zero-order valence-corrected chi connectivity index (χ0v) is 29.8. The number of benzene rings is 6. The van der Waals surface area contributed by atoms with E-state index in [1.54, 1.807) is 0 Å². The molecular formula is C45H37F5N2. The summed E-state index contributed by atoms with van der Waals surface area (Å²) in [6.07, 6.45) is -4.95. The standard InChI is InChI=1S/C45H37F5N2/c1-43(2,3)26-18-20-38-30(22-26)28-12-7-9-16-36(28)51(38)40-24-32(42-34(46)14-11-15-35(42)47)33(45(48,49)50)25-41(40)52-37-17-10-8-13-29(37)31-23-27(44(4,5)6)19-21-39(31)52/h7-25H,1-6H3. The Balaban J connectivity index is 1.59. The van der Waals surface area contributed by atoms with E-state index in [2.05, 4.69) is 53.7 Å². The van der Waals surface area contributed by atoms with Gasteiger partial charge in [-0.15, -0.1) is 0 Å². The van der Waals surface area contributed by atoms with Gasteiger partial charge in [0, 0.05) is 27.1 Å². The van der Waals surface area contributed by atoms with Crippen molar-refractivity contribution in [3.63, 3.8) is 0 Å². The van der Waals surface area contributed by atoms with Gasteiger partial charge in [-0.2, -0.15) is 13.2 Å². The highest BCUT2D eigenvalue weighted by Gasteiger charge is 2.37. The van der Waals surface area contributed by atoms with Gasteiger partial charge in [0.05, 0.1) is 44.6 Å². The van der Waals surface area contributed by atoms with Crippen LogP contribution in [0, 0.1) is 11.6 Å². The molecule has 6 aromatic carbocycles. The van der Waals surface area contributed by atoms with Crippen molar-refractivity contribution in [2.75, 3.05) is 0 Å². The molecule has 2 heterocycles. The zero-order valence-electron chi connectivity index (χ0n) is 29.8. The van der Waals surface area contributed by atoms with Crippen LogP contribution in [-0.2, 0) is 17.0 Å². The molecule has 262 valence electrons. The number of hydrogen-bond donors (Lipinski definition) is 0. The van der Waals surface area contributed by atoms with E-state index < -0.39 is 34.5 Å². The van der Waals surface area contributed by atoms with Crippen LogP contribution in [0.3, 0.4) is 0 Å². The fraction of sp³-hybridized carbons (Fsp3) is 0.200. The molecule has 0 amide bonds. The molecule has 0 aliphatic heterocycles. The van der Waals surface area contributed by atoms with Crippen molar-refractivity contribution in [3.05, 3.63) is 144 Å². The number of alkyl halides is 3. The van der Waals surface area contributed by atoms with Crippen LogP contribution in [0.5, 0.6) is 0 Å². The molecule has 8 aromatic rings. The third kappa shape index (κ3) is 5.28. The van der Waals surface area contributed by atoms with E-state index in [1.165, 1.54) is 6.07 Å². The summed E-state index contributed by atoms with van der Waals surface area (Å²) in [5.41, 5.74) is 2.91. The molecule has 0 N–H and O–H groups in total. The van der Waals surface area contributed by atoms with Crippen molar-refractivity contribution < 1.29 is 22.0 Å². The summed E-state index contributed by atoms with van der Waals surface area (Å²) < 4.78 is 80.8. The van der Waals surface area contributed by atoms with E-state index in [9.17, 15) is 0 Å². The van der Waals surface area contributed by atoms with Gasteiger partial charge in [-0.05, 0) is 82.6 Å². The van der Waals surface area contributed by atoms with Crippen LogP contribution in [-0.4, -0.2) is 9.13 Å². The van der Waals surface area contributed by atoms with Gasteiger partial charge in [0.2, 0.25) is 0 Å². The molecule has 0 spiro atoms. The number of nitrogens with zero attached hydrogens (tertiary/aromatic N) is 2. The Hall–Kier alpha value is -5.43. The van der Waals surface area contributed by atoms with Crippen molar-refractivity contribution in [3.8, 4) is 22.5 Å². The first-order valence-electron chi connectivity index (χ1n) is 17.3. The summed E-state index contributed by atoms with van der Waals surface area (Å²) in [6, 6.07) is 33.1. The summed E-state index contributed by atoms with van der Waals surface area (Å²) in [6.45, 7) is 12.7. The highest BCUT2D eigenvalue weighted by molar-refractivity contribution is 6.12. The Morgan fingerprint density at radius 2 is 0.865 bits per heavy atom. The van der Waals surface area contributed by atoms with Crippen molar-refractivity contribution in [2.45, 2.75) is 58.5 Å². The average Bonchev–Trinajstić information content (AvgIpc) is 3.59. The van der Waals surface area contributed by atoms with E-state index in [-0.39, 0.29) is 16.5 Å². The van der Waals surface area contributed by atoms with E-state index >= 15 is 22.0 Å². The maximum absolute atomic E-state index is 15.5. The van der Waals surface area contributed by atoms with Gasteiger partial charge in [-0.3, -0.25) is 0 Å². The molecule has 0 radical (unpaired) electrons. The third-order valence-corrected chi connectivity index (χ3v) is 10.2. The molecule has 0 aliphatic rings. The fourth-order valence-electron chi connectivity index (χ4n) is 7.53. The number of hydrogen-bond acceptors (Lipinski definition) is 0. The van der Waals surface area contributed by atoms with Crippen LogP contribution < -0.4 is 0 Å². The summed E-state index contributed by atoms with van der Waals surface area (Å²) >= 11 is 0. The SMILES string of the molecule is CC(C)(C)c1ccc2c(c1)c1ccccc1n2-c1cc(-c2c(F)cccc2F)c(C(F)(F)F)cc1-n1c2ccccc2c2cc(C(C)(C)C)ccc21. The first-order valence-corrected chi connectivity index (χ1v) is 17.3. The molecule has 0 fully saturated rings. The summed E-state index contributed by atoms with van der Waals surface area (Å²) in [4.78, 5) is 0. The molecule has 0 saturated heterocycles. The zero-order chi connectivity index (χ0) is 36.9. The first-order chi connectivity index (χ1) is 24.5. The molecule has 7 heteroatoms. The minimum atomic E-state index is -4.95. The second-order valence-corrected chi connectivity index (χ2v) is 15.6. The Morgan fingerprint density at radius 3 is 1.31 bits per heavy atom. The monoisotopic (exact) mass is 700 g/mol. The Morgan fingerprint density at radius 1 is 0.442 bits per heavy atom. The van der Waals surface area contributed by atoms with E-state index in [0.29, 0.717) is 16.7 Å². The topological polar surface area (TPSA) is 9.86 Å². The predicted molar refractivity (Wildman–Crippen MR) is 203 cm³/mol. The van der Waals surface area contributed by atoms with Crippen LogP contribution >= 0.6 is 0 Å². The maximum atomic E-state index is 15.5. The lowest BCUT2D eigenvalue weighted by molar-refractivity contribution is -0.137. The van der Waals surface area contributed by atoms with Gasteiger partial charge < -0.3 is 9.13 Å². The van der Waals surface area contributed by atoms with Gasteiger partial charge in [-0.1, -0.05) is 96.1 Å². The van der Waals surface area contributed by atoms with Gasteiger partial charge in [0.25, 0.3) is 0 Å². The van der Waals surface area contributed by atoms with E-state index in [4.69, 9.17) is 0 Å². The van der Waals surface area contributed by atoms with E-state index in [1.807, 2.05) is 81.9 Å². The largest absolute Gasteiger partial charge is 0.417 e. The summed E-state index contributed by atoms with van der Waals surface area (Å²) in [7, 11) is 0. The highest BCUT2D eigenvalue weighted by Crippen LogP contribution is 2.46. The lowest BCUT2D eigenvalue weighted by atomic mass is 9.86. The summed E-state index contributed by atoms with van der Waals surface area (Å²) in [5.74, 6) is -2.15. The Bertz CT molecular complexity index is 2690. The maximum Gasteiger partial charge on any atom is 0.417 e. The second kappa shape index (κ2) is 11.5. The quantitative estimate of drug-likeness (QED) is 0.162. The minimum Gasteiger partial charge on any atom is -0.307 e. The number of para-hydroxylation sites is 2. The normalized spacial score (nSPS) is 12.9. The van der Waals surface area contributed by atoms with Crippen LogP contribution in [0.25, 0.3) is 66.1 Å². The lowest BCUT2D eigenvalue weighted by Crippen LogP contribution is -2.13. The molecule has 8 rings (SSSR count). The first kappa shape index (κ1) is 33.7. The number of rotatable bonds is 3. The predicted octanol–water partition coefficient (Wildman–Crippen LogP) is 13.4. The molecule has 2 aromatic heterocycles. The lowest BCUT2D eigenvalue weighted by Gasteiger charge is -2.23.